The lowest BCUT2D eigenvalue weighted by molar-refractivity contribution is -0.137. The summed E-state index contributed by atoms with van der Waals surface area (Å²) in [6.45, 7) is 2.22. The predicted octanol–water partition coefficient (Wildman–Crippen LogP) is 3.17. The van der Waals surface area contributed by atoms with E-state index in [0.717, 1.165) is 22.8 Å². The smallest absolute Gasteiger partial charge is 0.245 e. The van der Waals surface area contributed by atoms with Gasteiger partial charge in [0.2, 0.25) is 5.82 Å². The van der Waals surface area contributed by atoms with Crippen molar-refractivity contribution in [2.45, 2.75) is 19.6 Å². The van der Waals surface area contributed by atoms with Gasteiger partial charge in [-0.2, -0.15) is 18.0 Å². The summed E-state index contributed by atoms with van der Waals surface area (Å²) in [5.41, 5.74) is 0.322. The number of thiazole rings is 1. The maximum Gasteiger partial charge on any atom is 0.416 e. The fourth-order valence-electron chi connectivity index (χ4n) is 1.89. The normalized spacial score (nSPS) is 11.8. The number of aromatic nitrogens is 5. The number of nitrogens with zero attached hydrogens (tertiary/aromatic N) is 5. The second-order valence-corrected chi connectivity index (χ2v) is 5.64. The minimum absolute atomic E-state index is 0.151. The van der Waals surface area contributed by atoms with Gasteiger partial charge in [-0.1, -0.05) is 12.1 Å². The molecule has 0 radical (unpaired) electrons. The van der Waals surface area contributed by atoms with E-state index < -0.39 is 11.7 Å². The molecule has 0 spiro atoms. The first-order chi connectivity index (χ1) is 10.4. The largest absolute Gasteiger partial charge is 0.416 e. The lowest BCUT2D eigenvalue weighted by Crippen LogP contribution is -2.05. The molecule has 22 heavy (non-hydrogen) atoms. The molecule has 0 atom stereocenters. The highest BCUT2D eigenvalue weighted by Gasteiger charge is 2.30. The summed E-state index contributed by atoms with van der Waals surface area (Å²) in [6, 6.07) is 4.85. The second-order valence-electron chi connectivity index (χ2n) is 4.58. The van der Waals surface area contributed by atoms with Gasteiger partial charge in [0.15, 0.2) is 0 Å². The Morgan fingerprint density at radius 2 is 2.09 bits per heavy atom. The van der Waals surface area contributed by atoms with Crippen LogP contribution in [0.2, 0.25) is 0 Å². The lowest BCUT2D eigenvalue weighted by atomic mass is 10.1. The van der Waals surface area contributed by atoms with Crippen molar-refractivity contribution in [3.05, 3.63) is 45.9 Å². The second kappa shape index (κ2) is 5.48. The summed E-state index contributed by atoms with van der Waals surface area (Å²) in [6.07, 6.45) is -4.40. The highest BCUT2D eigenvalue weighted by molar-refractivity contribution is 7.09. The molecule has 1 aromatic carbocycles. The molecule has 0 aliphatic heterocycles. The highest BCUT2D eigenvalue weighted by Crippen LogP contribution is 2.31. The van der Waals surface area contributed by atoms with Gasteiger partial charge in [0.1, 0.15) is 6.54 Å². The summed E-state index contributed by atoms with van der Waals surface area (Å²) >= 11 is 1.51. The standard InChI is InChI=1S/C13H10F3N5S/c1-8-17-11(7-22-8)6-21-19-12(18-20-21)9-3-2-4-10(5-9)13(14,15)16/h2-5,7H,6H2,1H3. The molecular formula is C13H10F3N5S. The molecule has 0 saturated carbocycles. The predicted molar refractivity (Wildman–Crippen MR) is 74.2 cm³/mol. The van der Waals surface area contributed by atoms with Crippen LogP contribution in [0.25, 0.3) is 11.4 Å². The van der Waals surface area contributed by atoms with E-state index in [9.17, 15) is 13.2 Å². The molecule has 2 heterocycles. The third-order valence-electron chi connectivity index (χ3n) is 2.87. The molecule has 2 aromatic heterocycles. The van der Waals surface area contributed by atoms with Gasteiger partial charge in [-0.3, -0.25) is 0 Å². The molecule has 0 fully saturated rings. The Morgan fingerprint density at radius 3 is 2.77 bits per heavy atom. The van der Waals surface area contributed by atoms with Crippen LogP contribution in [0.15, 0.2) is 29.6 Å². The summed E-state index contributed by atoms with van der Waals surface area (Å²) in [5, 5.41) is 14.6. The quantitative estimate of drug-likeness (QED) is 0.742. The van der Waals surface area contributed by atoms with Crippen molar-refractivity contribution in [3.63, 3.8) is 0 Å². The third-order valence-corrected chi connectivity index (χ3v) is 3.69. The number of hydrogen-bond acceptors (Lipinski definition) is 5. The van der Waals surface area contributed by atoms with E-state index in [1.807, 2.05) is 12.3 Å². The summed E-state index contributed by atoms with van der Waals surface area (Å²) in [5.74, 6) is 0.151. The van der Waals surface area contributed by atoms with Crippen LogP contribution in [0.3, 0.4) is 0 Å². The van der Waals surface area contributed by atoms with Gasteiger partial charge in [0.05, 0.1) is 16.3 Å². The lowest BCUT2D eigenvalue weighted by Gasteiger charge is -2.06. The van der Waals surface area contributed by atoms with Gasteiger partial charge < -0.3 is 0 Å². The zero-order valence-electron chi connectivity index (χ0n) is 11.4. The highest BCUT2D eigenvalue weighted by atomic mass is 32.1. The molecule has 5 nitrogen and oxygen atoms in total. The van der Waals surface area contributed by atoms with E-state index in [-0.39, 0.29) is 11.4 Å². The van der Waals surface area contributed by atoms with Crippen LogP contribution in [0.5, 0.6) is 0 Å². The van der Waals surface area contributed by atoms with Crippen molar-refractivity contribution in [1.82, 2.24) is 25.2 Å². The van der Waals surface area contributed by atoms with Crippen LogP contribution < -0.4 is 0 Å². The molecule has 0 aliphatic carbocycles. The SMILES string of the molecule is Cc1nc(Cn2nnc(-c3cccc(C(F)(F)F)c3)n2)cs1. The molecular weight excluding hydrogens is 315 g/mol. The van der Waals surface area contributed by atoms with Gasteiger partial charge >= 0.3 is 6.18 Å². The van der Waals surface area contributed by atoms with Gasteiger partial charge in [0, 0.05) is 10.9 Å². The average Bonchev–Trinajstić information content (AvgIpc) is 3.08. The van der Waals surface area contributed by atoms with E-state index in [4.69, 9.17) is 0 Å². The first-order valence-corrected chi connectivity index (χ1v) is 7.16. The van der Waals surface area contributed by atoms with Crippen LogP contribution in [0.1, 0.15) is 16.3 Å². The van der Waals surface area contributed by atoms with E-state index >= 15 is 0 Å². The van der Waals surface area contributed by atoms with Crippen molar-refractivity contribution in [3.8, 4) is 11.4 Å². The van der Waals surface area contributed by atoms with Crippen molar-refractivity contribution < 1.29 is 13.2 Å². The Labute approximate surface area is 127 Å². The summed E-state index contributed by atoms with van der Waals surface area (Å²) < 4.78 is 38.1. The van der Waals surface area contributed by atoms with E-state index in [2.05, 4.69) is 20.4 Å². The molecule has 0 amide bonds. The molecule has 0 unspecified atom stereocenters. The Bertz CT molecular complexity index is 793. The molecule has 114 valence electrons. The molecule has 0 aliphatic rings. The number of rotatable bonds is 3. The van der Waals surface area contributed by atoms with E-state index in [0.29, 0.717) is 6.54 Å². The molecule has 3 rings (SSSR count). The fraction of sp³-hybridized carbons (Fsp3) is 0.231. The summed E-state index contributed by atoms with van der Waals surface area (Å²) in [4.78, 5) is 5.59. The van der Waals surface area contributed by atoms with Gasteiger partial charge in [-0.15, -0.1) is 21.5 Å². The molecule has 0 bridgehead atoms. The number of benzene rings is 1. The van der Waals surface area contributed by atoms with Crippen LogP contribution in [-0.4, -0.2) is 25.2 Å². The maximum atomic E-state index is 12.7. The molecule has 0 saturated heterocycles. The topological polar surface area (TPSA) is 56.5 Å². The third kappa shape index (κ3) is 3.14. The van der Waals surface area contributed by atoms with Crippen molar-refractivity contribution in [2.24, 2.45) is 0 Å². The maximum absolute atomic E-state index is 12.7. The average molecular weight is 325 g/mol. The Balaban J connectivity index is 1.84. The van der Waals surface area contributed by atoms with E-state index in [1.54, 1.807) is 0 Å². The van der Waals surface area contributed by atoms with Crippen LogP contribution >= 0.6 is 11.3 Å². The number of tetrazole rings is 1. The minimum atomic E-state index is -4.40. The van der Waals surface area contributed by atoms with E-state index in [1.165, 1.54) is 28.3 Å². The van der Waals surface area contributed by atoms with Crippen LogP contribution in [0, 0.1) is 6.92 Å². The molecule has 0 N–H and O–H groups in total. The zero-order chi connectivity index (χ0) is 15.7. The number of alkyl halides is 3. The van der Waals surface area contributed by atoms with Crippen LogP contribution in [-0.2, 0) is 12.7 Å². The van der Waals surface area contributed by atoms with Gasteiger partial charge in [-0.05, 0) is 24.3 Å². The first-order valence-electron chi connectivity index (χ1n) is 6.28. The Kier molecular flexibility index (Phi) is 3.65. The zero-order valence-corrected chi connectivity index (χ0v) is 12.2. The minimum Gasteiger partial charge on any atom is -0.245 e. The molecule has 3 aromatic rings. The Hall–Kier alpha value is -2.29. The summed E-state index contributed by atoms with van der Waals surface area (Å²) in [7, 11) is 0. The number of aryl methyl sites for hydroxylation is 1. The van der Waals surface area contributed by atoms with Crippen molar-refractivity contribution >= 4 is 11.3 Å². The van der Waals surface area contributed by atoms with Gasteiger partial charge in [0.25, 0.3) is 0 Å². The van der Waals surface area contributed by atoms with Crippen molar-refractivity contribution in [2.75, 3.05) is 0 Å². The van der Waals surface area contributed by atoms with Gasteiger partial charge in [-0.25, -0.2) is 4.98 Å². The first kappa shape index (κ1) is 14.6. The molecule has 9 heteroatoms. The number of halogens is 3. The van der Waals surface area contributed by atoms with Crippen molar-refractivity contribution in [1.29, 1.82) is 0 Å². The number of hydrogen-bond donors (Lipinski definition) is 0. The van der Waals surface area contributed by atoms with Crippen LogP contribution in [0.4, 0.5) is 13.2 Å². The fourth-order valence-corrected chi connectivity index (χ4v) is 2.49. The monoisotopic (exact) mass is 325 g/mol. The Morgan fingerprint density at radius 1 is 1.27 bits per heavy atom.